The first-order chi connectivity index (χ1) is 10.3. The first kappa shape index (κ1) is 13.2. The fourth-order valence-electron chi connectivity index (χ4n) is 3.22. The average molecular weight is 305 g/mol. The van der Waals surface area contributed by atoms with E-state index >= 15 is 0 Å². The van der Waals surface area contributed by atoms with E-state index in [1.54, 1.807) is 11.3 Å². The zero-order valence-electron chi connectivity index (χ0n) is 12.0. The molecule has 0 aromatic carbocycles. The molecule has 0 aliphatic carbocycles. The summed E-state index contributed by atoms with van der Waals surface area (Å²) in [5.41, 5.74) is 2.59. The molecule has 6 nitrogen and oxygen atoms in total. The summed E-state index contributed by atoms with van der Waals surface area (Å²) in [6, 6.07) is 2.22. The summed E-state index contributed by atoms with van der Waals surface area (Å²) >= 11 is 1.72. The van der Waals surface area contributed by atoms with Crippen LogP contribution in [0.2, 0.25) is 0 Å². The molecule has 2 saturated heterocycles. The van der Waals surface area contributed by atoms with Gasteiger partial charge in [0.1, 0.15) is 10.6 Å². The van der Waals surface area contributed by atoms with Gasteiger partial charge in [-0.3, -0.25) is 5.43 Å². The van der Waals surface area contributed by atoms with E-state index in [0.29, 0.717) is 18.2 Å². The van der Waals surface area contributed by atoms with Gasteiger partial charge < -0.3 is 9.64 Å². The summed E-state index contributed by atoms with van der Waals surface area (Å²) in [4.78, 5) is 13.8. The molecule has 2 bridgehead atoms. The summed E-state index contributed by atoms with van der Waals surface area (Å²) in [5, 5.41) is 1.14. The van der Waals surface area contributed by atoms with Crippen LogP contribution in [0.25, 0.3) is 10.2 Å². The van der Waals surface area contributed by atoms with Crippen molar-refractivity contribution in [3.63, 3.8) is 0 Å². The molecule has 0 saturated carbocycles. The summed E-state index contributed by atoms with van der Waals surface area (Å²) in [7, 11) is 0. The summed E-state index contributed by atoms with van der Waals surface area (Å²) in [6.45, 7) is 3.97. The Hall–Kier alpha value is -1.44. The number of ether oxygens (including phenoxy) is 1. The molecule has 2 aliphatic heterocycles. The Kier molecular flexibility index (Phi) is 3.20. The lowest BCUT2D eigenvalue weighted by Gasteiger charge is -2.33. The molecule has 2 aliphatic rings. The minimum absolute atomic E-state index is 0.340. The Morgan fingerprint density at radius 2 is 2.14 bits per heavy atom. The number of fused-ring (bicyclic) bond motifs is 3. The maximum atomic E-state index is 5.92. The van der Waals surface area contributed by atoms with Gasteiger partial charge in [-0.25, -0.2) is 10.8 Å². The Labute approximate surface area is 127 Å². The molecule has 2 aromatic rings. The Bertz CT molecular complexity index is 661. The monoisotopic (exact) mass is 305 g/mol. The minimum Gasteiger partial charge on any atom is -0.371 e. The van der Waals surface area contributed by atoms with Crippen molar-refractivity contribution < 1.29 is 4.74 Å². The minimum atomic E-state index is 0.340. The Morgan fingerprint density at radius 1 is 1.38 bits per heavy atom. The highest BCUT2D eigenvalue weighted by atomic mass is 32.1. The topological polar surface area (TPSA) is 76.3 Å². The first-order valence-corrected chi connectivity index (χ1v) is 8.26. The second-order valence-corrected chi connectivity index (χ2v) is 6.78. The van der Waals surface area contributed by atoms with Gasteiger partial charge in [-0.05, 0) is 25.3 Å². The van der Waals surface area contributed by atoms with Crippen LogP contribution in [0.1, 0.15) is 24.6 Å². The number of nitrogen functional groups attached to an aromatic ring is 1. The van der Waals surface area contributed by atoms with Crippen LogP contribution in [0, 0.1) is 0 Å². The highest BCUT2D eigenvalue weighted by molar-refractivity contribution is 7.18. The number of hydrogen-bond acceptors (Lipinski definition) is 7. The van der Waals surface area contributed by atoms with Crippen molar-refractivity contribution in [1.29, 1.82) is 0 Å². The molecule has 7 heteroatoms. The van der Waals surface area contributed by atoms with E-state index in [0.717, 1.165) is 48.4 Å². The summed E-state index contributed by atoms with van der Waals surface area (Å²) < 4.78 is 5.92. The second kappa shape index (κ2) is 5.08. The SMILES string of the molecule is CCc1cc2c(N3CC4CCC(C3)O4)nc(NN)nc2s1. The van der Waals surface area contributed by atoms with Gasteiger partial charge in [-0.1, -0.05) is 6.92 Å². The van der Waals surface area contributed by atoms with Crippen molar-refractivity contribution in [1.82, 2.24) is 9.97 Å². The number of nitrogens with two attached hydrogens (primary N) is 1. The zero-order chi connectivity index (χ0) is 14.4. The predicted octanol–water partition coefficient (Wildman–Crippen LogP) is 1.91. The van der Waals surface area contributed by atoms with Crippen LogP contribution < -0.4 is 16.2 Å². The van der Waals surface area contributed by atoms with Crippen molar-refractivity contribution in [3.05, 3.63) is 10.9 Å². The normalized spacial score (nSPS) is 24.8. The van der Waals surface area contributed by atoms with Crippen molar-refractivity contribution in [3.8, 4) is 0 Å². The largest absolute Gasteiger partial charge is 0.371 e. The van der Waals surface area contributed by atoms with Gasteiger partial charge in [0.25, 0.3) is 0 Å². The smallest absolute Gasteiger partial charge is 0.240 e. The third-order valence-corrected chi connectivity index (χ3v) is 5.42. The molecule has 4 heterocycles. The highest BCUT2D eigenvalue weighted by Gasteiger charge is 2.35. The molecule has 0 spiro atoms. The fraction of sp³-hybridized carbons (Fsp3) is 0.571. The molecule has 2 fully saturated rings. The van der Waals surface area contributed by atoms with Crippen LogP contribution >= 0.6 is 11.3 Å². The third-order valence-electron chi connectivity index (χ3n) is 4.24. The third kappa shape index (κ3) is 2.25. The van der Waals surface area contributed by atoms with Gasteiger partial charge in [0.2, 0.25) is 5.95 Å². The number of nitrogens with one attached hydrogen (secondary N) is 1. The zero-order valence-corrected chi connectivity index (χ0v) is 12.8. The average Bonchev–Trinajstić information content (AvgIpc) is 3.08. The van der Waals surface area contributed by atoms with Crippen molar-refractivity contribution in [2.75, 3.05) is 23.4 Å². The number of hydrogen-bond donors (Lipinski definition) is 2. The van der Waals surface area contributed by atoms with E-state index in [2.05, 4.69) is 33.3 Å². The number of anilines is 2. The molecule has 0 amide bonds. The maximum absolute atomic E-state index is 5.92. The molecule has 21 heavy (non-hydrogen) atoms. The number of hydrazine groups is 1. The predicted molar refractivity (Wildman–Crippen MR) is 84.7 cm³/mol. The first-order valence-electron chi connectivity index (χ1n) is 7.44. The van der Waals surface area contributed by atoms with E-state index in [1.165, 1.54) is 4.88 Å². The van der Waals surface area contributed by atoms with Gasteiger partial charge in [-0.2, -0.15) is 4.98 Å². The number of aryl methyl sites for hydroxylation is 1. The van der Waals surface area contributed by atoms with Gasteiger partial charge in [0.15, 0.2) is 0 Å². The quantitative estimate of drug-likeness (QED) is 0.666. The van der Waals surface area contributed by atoms with E-state index in [9.17, 15) is 0 Å². The van der Waals surface area contributed by atoms with Crippen LogP contribution in [0.3, 0.4) is 0 Å². The lowest BCUT2D eigenvalue weighted by molar-refractivity contribution is 0.0303. The van der Waals surface area contributed by atoms with Crippen LogP contribution in [0.15, 0.2) is 6.07 Å². The van der Waals surface area contributed by atoms with Gasteiger partial charge in [0.05, 0.1) is 17.6 Å². The van der Waals surface area contributed by atoms with E-state index in [1.807, 2.05) is 0 Å². The molecule has 2 atom stereocenters. The number of morpholine rings is 1. The van der Waals surface area contributed by atoms with Crippen molar-refractivity contribution in [2.24, 2.45) is 5.84 Å². The molecule has 112 valence electrons. The van der Waals surface area contributed by atoms with Crippen LogP contribution in [0.4, 0.5) is 11.8 Å². The fourth-order valence-corrected chi connectivity index (χ4v) is 4.19. The summed E-state index contributed by atoms with van der Waals surface area (Å²) in [5.74, 6) is 7.01. The number of rotatable bonds is 3. The number of thiophene rings is 1. The second-order valence-electron chi connectivity index (χ2n) is 5.66. The van der Waals surface area contributed by atoms with Crippen molar-refractivity contribution >= 4 is 33.3 Å². The Morgan fingerprint density at radius 3 is 2.81 bits per heavy atom. The van der Waals surface area contributed by atoms with Gasteiger partial charge >= 0.3 is 0 Å². The van der Waals surface area contributed by atoms with Crippen LogP contribution in [-0.4, -0.2) is 35.3 Å². The van der Waals surface area contributed by atoms with Crippen molar-refractivity contribution in [2.45, 2.75) is 38.4 Å². The molecular weight excluding hydrogens is 286 g/mol. The molecule has 2 unspecified atom stereocenters. The van der Waals surface area contributed by atoms with Crippen LogP contribution in [0.5, 0.6) is 0 Å². The van der Waals surface area contributed by atoms with E-state index < -0.39 is 0 Å². The molecule has 0 radical (unpaired) electrons. The Balaban J connectivity index is 1.80. The lowest BCUT2D eigenvalue weighted by Crippen LogP contribution is -2.43. The highest BCUT2D eigenvalue weighted by Crippen LogP contribution is 2.35. The molecule has 3 N–H and O–H groups in total. The van der Waals surface area contributed by atoms with Gasteiger partial charge in [0, 0.05) is 18.0 Å². The molecule has 2 aromatic heterocycles. The lowest BCUT2D eigenvalue weighted by atomic mass is 10.2. The molecule has 4 rings (SSSR count). The molecular formula is C14H19N5OS. The van der Waals surface area contributed by atoms with Crippen LogP contribution in [-0.2, 0) is 11.2 Å². The maximum Gasteiger partial charge on any atom is 0.240 e. The van der Waals surface area contributed by atoms with E-state index in [-0.39, 0.29) is 0 Å². The van der Waals surface area contributed by atoms with E-state index in [4.69, 9.17) is 10.6 Å². The standard InChI is InChI=1S/C14H19N5OS/c1-2-10-5-11-12(16-14(18-15)17-13(11)21-10)19-6-8-3-4-9(7-19)20-8/h5,8-9H,2-4,6-7,15H2,1H3,(H,16,17,18). The number of aromatic nitrogens is 2. The summed E-state index contributed by atoms with van der Waals surface area (Å²) in [6.07, 6.45) is 4.00. The van der Waals surface area contributed by atoms with Gasteiger partial charge in [-0.15, -0.1) is 11.3 Å². The number of nitrogens with zero attached hydrogens (tertiary/aromatic N) is 3.